The number of ether oxygens (including phenoxy) is 2. The minimum absolute atomic E-state index is 0.365. The second kappa shape index (κ2) is 6.46. The van der Waals surface area contributed by atoms with Gasteiger partial charge in [0.05, 0.1) is 19.3 Å². The molecule has 0 aromatic rings. The molecule has 1 rings (SSSR count). The normalized spacial score (nSPS) is 19.2. The van der Waals surface area contributed by atoms with Gasteiger partial charge < -0.3 is 14.8 Å². The van der Waals surface area contributed by atoms with E-state index in [0.717, 1.165) is 39.3 Å². The van der Waals surface area contributed by atoms with Gasteiger partial charge in [-0.25, -0.2) is 0 Å². The van der Waals surface area contributed by atoms with Gasteiger partial charge in [0.2, 0.25) is 0 Å². The summed E-state index contributed by atoms with van der Waals surface area (Å²) in [6.07, 6.45) is 2.71. The Morgan fingerprint density at radius 3 is 2.60 bits per heavy atom. The van der Waals surface area contributed by atoms with Gasteiger partial charge in [0.25, 0.3) is 0 Å². The lowest BCUT2D eigenvalue weighted by Crippen LogP contribution is -2.47. The van der Waals surface area contributed by atoms with Crippen molar-refractivity contribution in [3.8, 4) is 0 Å². The van der Waals surface area contributed by atoms with Crippen LogP contribution in [-0.2, 0) is 9.47 Å². The molecule has 1 saturated heterocycles. The number of rotatable bonds is 8. The van der Waals surface area contributed by atoms with E-state index in [0.29, 0.717) is 11.5 Å². The second-order valence-corrected chi connectivity index (χ2v) is 5.11. The molecular weight excluding hydrogens is 190 g/mol. The first-order valence-corrected chi connectivity index (χ1v) is 6.02. The third kappa shape index (κ3) is 5.50. The standard InChI is InChI=1S/C12H25NO2/c1-11(2)15-7-5-4-6-13-8-12(3)9-14-10-12/h11,13H,4-10H2,1-3H3. The maximum Gasteiger partial charge on any atom is 0.0554 e. The third-order valence-electron chi connectivity index (χ3n) is 2.65. The molecule has 0 saturated carbocycles. The number of unbranched alkanes of at least 4 members (excludes halogenated alkanes) is 1. The minimum atomic E-state index is 0.365. The number of nitrogens with one attached hydrogen (secondary N) is 1. The first-order valence-electron chi connectivity index (χ1n) is 6.02. The second-order valence-electron chi connectivity index (χ2n) is 5.11. The topological polar surface area (TPSA) is 30.5 Å². The Hall–Kier alpha value is -0.120. The average Bonchev–Trinajstić information content (AvgIpc) is 2.13. The van der Waals surface area contributed by atoms with Gasteiger partial charge in [-0.15, -0.1) is 0 Å². The quantitative estimate of drug-likeness (QED) is 0.626. The van der Waals surface area contributed by atoms with Gasteiger partial charge in [-0.1, -0.05) is 6.92 Å². The summed E-state index contributed by atoms with van der Waals surface area (Å²) in [6, 6.07) is 0. The zero-order chi connectivity index (χ0) is 11.1. The fraction of sp³-hybridized carbons (Fsp3) is 1.00. The van der Waals surface area contributed by atoms with Crippen LogP contribution in [0.2, 0.25) is 0 Å². The molecule has 0 amide bonds. The molecule has 0 aromatic heterocycles. The SMILES string of the molecule is CC(C)OCCCCNCC1(C)COC1. The van der Waals surface area contributed by atoms with E-state index < -0.39 is 0 Å². The monoisotopic (exact) mass is 215 g/mol. The van der Waals surface area contributed by atoms with E-state index in [9.17, 15) is 0 Å². The van der Waals surface area contributed by atoms with Gasteiger partial charge in [-0.3, -0.25) is 0 Å². The van der Waals surface area contributed by atoms with E-state index >= 15 is 0 Å². The van der Waals surface area contributed by atoms with Crippen molar-refractivity contribution in [1.29, 1.82) is 0 Å². The summed E-state index contributed by atoms with van der Waals surface area (Å²) in [5, 5.41) is 3.48. The van der Waals surface area contributed by atoms with E-state index in [1.54, 1.807) is 0 Å². The van der Waals surface area contributed by atoms with Crippen molar-refractivity contribution >= 4 is 0 Å². The molecule has 1 fully saturated rings. The van der Waals surface area contributed by atoms with Crippen LogP contribution in [0.4, 0.5) is 0 Å². The Morgan fingerprint density at radius 2 is 2.07 bits per heavy atom. The average molecular weight is 215 g/mol. The van der Waals surface area contributed by atoms with Gasteiger partial charge in [-0.2, -0.15) is 0 Å². The van der Waals surface area contributed by atoms with Crippen molar-refractivity contribution in [3.63, 3.8) is 0 Å². The third-order valence-corrected chi connectivity index (χ3v) is 2.65. The highest BCUT2D eigenvalue weighted by atomic mass is 16.5. The van der Waals surface area contributed by atoms with Gasteiger partial charge in [-0.05, 0) is 33.2 Å². The molecule has 0 unspecified atom stereocenters. The summed E-state index contributed by atoms with van der Waals surface area (Å²) in [4.78, 5) is 0. The van der Waals surface area contributed by atoms with Crippen molar-refractivity contribution in [2.24, 2.45) is 5.41 Å². The molecule has 0 atom stereocenters. The highest BCUT2D eigenvalue weighted by molar-refractivity contribution is 4.82. The van der Waals surface area contributed by atoms with E-state index in [2.05, 4.69) is 26.1 Å². The predicted octanol–water partition coefficient (Wildman–Crippen LogP) is 1.82. The van der Waals surface area contributed by atoms with E-state index in [4.69, 9.17) is 9.47 Å². The largest absolute Gasteiger partial charge is 0.380 e. The summed E-state index contributed by atoms with van der Waals surface area (Å²) in [5.41, 5.74) is 0.397. The van der Waals surface area contributed by atoms with Crippen LogP contribution >= 0.6 is 0 Å². The summed E-state index contributed by atoms with van der Waals surface area (Å²) in [5.74, 6) is 0. The van der Waals surface area contributed by atoms with Gasteiger partial charge >= 0.3 is 0 Å². The molecule has 1 aliphatic rings. The molecule has 3 heteroatoms. The van der Waals surface area contributed by atoms with Crippen LogP contribution in [0.25, 0.3) is 0 Å². The summed E-state index contributed by atoms with van der Waals surface area (Å²) in [6.45, 7) is 11.3. The lowest BCUT2D eigenvalue weighted by atomic mass is 9.89. The van der Waals surface area contributed by atoms with Gasteiger partial charge in [0.1, 0.15) is 0 Å². The predicted molar refractivity (Wildman–Crippen MR) is 62.1 cm³/mol. The zero-order valence-corrected chi connectivity index (χ0v) is 10.3. The van der Waals surface area contributed by atoms with E-state index in [1.165, 1.54) is 6.42 Å². The molecule has 1 N–H and O–H groups in total. The zero-order valence-electron chi connectivity index (χ0n) is 10.3. The first-order chi connectivity index (χ1) is 7.12. The Morgan fingerprint density at radius 1 is 1.33 bits per heavy atom. The molecule has 15 heavy (non-hydrogen) atoms. The Bertz CT molecular complexity index is 167. The molecule has 0 bridgehead atoms. The summed E-state index contributed by atoms with van der Waals surface area (Å²) >= 11 is 0. The van der Waals surface area contributed by atoms with Crippen LogP contribution in [0.5, 0.6) is 0 Å². The Kier molecular flexibility index (Phi) is 5.58. The lowest BCUT2D eigenvalue weighted by Gasteiger charge is -2.38. The van der Waals surface area contributed by atoms with Crippen molar-refractivity contribution in [2.75, 3.05) is 32.9 Å². The maximum absolute atomic E-state index is 5.47. The highest BCUT2D eigenvalue weighted by Crippen LogP contribution is 2.24. The Labute approximate surface area is 93.5 Å². The molecule has 0 aliphatic carbocycles. The summed E-state index contributed by atoms with van der Waals surface area (Å²) in [7, 11) is 0. The first kappa shape index (κ1) is 12.9. The molecular formula is C12H25NO2. The van der Waals surface area contributed by atoms with Crippen LogP contribution in [0.3, 0.4) is 0 Å². The fourth-order valence-electron chi connectivity index (χ4n) is 1.61. The van der Waals surface area contributed by atoms with Crippen LogP contribution < -0.4 is 5.32 Å². The minimum Gasteiger partial charge on any atom is -0.380 e. The van der Waals surface area contributed by atoms with Crippen LogP contribution in [0.15, 0.2) is 0 Å². The van der Waals surface area contributed by atoms with E-state index in [1.807, 2.05) is 0 Å². The summed E-state index contributed by atoms with van der Waals surface area (Å²) < 4.78 is 10.7. The molecule has 90 valence electrons. The smallest absolute Gasteiger partial charge is 0.0554 e. The van der Waals surface area contributed by atoms with E-state index in [-0.39, 0.29) is 0 Å². The van der Waals surface area contributed by atoms with Crippen LogP contribution in [0.1, 0.15) is 33.6 Å². The van der Waals surface area contributed by atoms with Gasteiger partial charge in [0, 0.05) is 18.6 Å². The van der Waals surface area contributed by atoms with Crippen molar-refractivity contribution in [3.05, 3.63) is 0 Å². The Balaban J connectivity index is 1.81. The molecule has 3 nitrogen and oxygen atoms in total. The van der Waals surface area contributed by atoms with Crippen molar-refractivity contribution in [2.45, 2.75) is 39.7 Å². The molecule has 0 radical (unpaired) electrons. The van der Waals surface area contributed by atoms with Crippen LogP contribution in [-0.4, -0.2) is 39.0 Å². The van der Waals surface area contributed by atoms with Gasteiger partial charge in [0.15, 0.2) is 0 Å². The van der Waals surface area contributed by atoms with Crippen molar-refractivity contribution < 1.29 is 9.47 Å². The molecule has 1 heterocycles. The maximum atomic E-state index is 5.47. The van der Waals surface area contributed by atoms with Crippen molar-refractivity contribution in [1.82, 2.24) is 5.32 Å². The lowest BCUT2D eigenvalue weighted by molar-refractivity contribution is -0.0989. The number of hydrogen-bond donors (Lipinski definition) is 1. The molecule has 0 aromatic carbocycles. The fourth-order valence-corrected chi connectivity index (χ4v) is 1.61. The van der Waals surface area contributed by atoms with Crippen LogP contribution in [0, 0.1) is 5.41 Å². The molecule has 1 aliphatic heterocycles. The number of hydrogen-bond acceptors (Lipinski definition) is 3. The molecule has 0 spiro atoms. The highest BCUT2D eigenvalue weighted by Gasteiger charge is 2.32.